The third kappa shape index (κ3) is 5.59. The summed E-state index contributed by atoms with van der Waals surface area (Å²) < 4.78 is 0. The Morgan fingerprint density at radius 2 is 1.58 bits per heavy atom. The van der Waals surface area contributed by atoms with Gasteiger partial charge in [-0.15, -0.1) is 0 Å². The fourth-order valence-electron chi connectivity index (χ4n) is 1.64. The van der Waals surface area contributed by atoms with Gasteiger partial charge in [-0.2, -0.15) is 0 Å². The molecule has 0 bridgehead atoms. The summed E-state index contributed by atoms with van der Waals surface area (Å²) >= 11 is 0. The van der Waals surface area contributed by atoms with Gasteiger partial charge in [-0.25, -0.2) is 0 Å². The van der Waals surface area contributed by atoms with Crippen LogP contribution in [0.4, 0.5) is 0 Å². The molecule has 1 heteroatoms. The van der Waals surface area contributed by atoms with Gasteiger partial charge in [-0.3, -0.25) is 0 Å². The minimum atomic E-state index is -0.122. The zero-order chi connectivity index (χ0) is 9.56. The molecule has 0 amide bonds. The molecule has 0 aromatic carbocycles. The van der Waals surface area contributed by atoms with Gasteiger partial charge in [0.05, 0.1) is 6.10 Å². The largest absolute Gasteiger partial charge is 0.393 e. The summed E-state index contributed by atoms with van der Waals surface area (Å²) in [7, 11) is 0. The van der Waals surface area contributed by atoms with Crippen LogP contribution in [0.15, 0.2) is 0 Å². The normalized spacial score (nSPS) is 16.5. The van der Waals surface area contributed by atoms with E-state index in [2.05, 4.69) is 20.8 Å². The zero-order valence-corrected chi connectivity index (χ0v) is 9.01. The Morgan fingerprint density at radius 3 is 1.92 bits per heavy atom. The average Bonchev–Trinajstić information content (AvgIpc) is 1.96. The topological polar surface area (TPSA) is 20.2 Å². The summed E-state index contributed by atoms with van der Waals surface area (Å²) in [5.74, 6) is 1.58. The van der Waals surface area contributed by atoms with Crippen molar-refractivity contribution in [2.45, 2.75) is 59.5 Å². The molecule has 2 atom stereocenters. The summed E-state index contributed by atoms with van der Waals surface area (Å²) in [6, 6.07) is 0. The van der Waals surface area contributed by atoms with Crippen LogP contribution in [-0.2, 0) is 0 Å². The molecule has 1 nitrogen and oxygen atoms in total. The summed E-state index contributed by atoms with van der Waals surface area (Å²) in [5, 5.41) is 9.15. The predicted octanol–water partition coefficient (Wildman–Crippen LogP) is 3.22. The molecule has 0 aliphatic carbocycles. The number of hydrogen-bond acceptors (Lipinski definition) is 1. The molecule has 0 aliphatic rings. The van der Waals surface area contributed by atoms with E-state index in [1.807, 2.05) is 6.92 Å². The van der Waals surface area contributed by atoms with Gasteiger partial charge in [0.1, 0.15) is 0 Å². The van der Waals surface area contributed by atoms with E-state index in [0.29, 0.717) is 0 Å². The van der Waals surface area contributed by atoms with Gasteiger partial charge in [0.15, 0.2) is 0 Å². The van der Waals surface area contributed by atoms with Crippen molar-refractivity contribution in [1.29, 1.82) is 0 Å². The minimum absolute atomic E-state index is 0.122. The molecule has 2 unspecified atom stereocenters. The maximum absolute atomic E-state index is 9.15. The zero-order valence-electron chi connectivity index (χ0n) is 9.01. The first-order chi connectivity index (χ1) is 5.57. The van der Waals surface area contributed by atoms with E-state index in [9.17, 15) is 0 Å². The summed E-state index contributed by atoms with van der Waals surface area (Å²) in [5.41, 5.74) is 0. The van der Waals surface area contributed by atoms with Crippen molar-refractivity contribution >= 4 is 0 Å². The summed E-state index contributed by atoms with van der Waals surface area (Å²) in [4.78, 5) is 0. The highest BCUT2D eigenvalue weighted by Crippen LogP contribution is 2.22. The van der Waals surface area contributed by atoms with Gasteiger partial charge in [0, 0.05) is 0 Å². The third-order valence-corrected chi connectivity index (χ3v) is 2.56. The highest BCUT2D eigenvalue weighted by Gasteiger charge is 2.12. The second-order valence-corrected chi connectivity index (χ2v) is 4.22. The van der Waals surface area contributed by atoms with Gasteiger partial charge in [0.25, 0.3) is 0 Å². The van der Waals surface area contributed by atoms with Crippen molar-refractivity contribution in [2.75, 3.05) is 0 Å². The highest BCUT2D eigenvalue weighted by atomic mass is 16.3. The van der Waals surface area contributed by atoms with E-state index in [1.54, 1.807) is 0 Å². The van der Waals surface area contributed by atoms with Crippen LogP contribution in [-0.4, -0.2) is 11.2 Å². The number of aliphatic hydroxyl groups is 1. The van der Waals surface area contributed by atoms with Crippen molar-refractivity contribution in [1.82, 2.24) is 0 Å². The van der Waals surface area contributed by atoms with Crippen LogP contribution >= 0.6 is 0 Å². The Morgan fingerprint density at radius 1 is 1.00 bits per heavy atom. The van der Waals surface area contributed by atoms with E-state index >= 15 is 0 Å². The van der Waals surface area contributed by atoms with Crippen LogP contribution in [0, 0.1) is 11.8 Å². The van der Waals surface area contributed by atoms with E-state index in [1.165, 1.54) is 19.3 Å². The molecule has 0 aliphatic heterocycles. The molecule has 1 N–H and O–H groups in total. The fraction of sp³-hybridized carbons (Fsp3) is 1.00. The Bertz CT molecular complexity index is 97.2. The molecule has 0 fully saturated rings. The van der Waals surface area contributed by atoms with Gasteiger partial charge in [0.2, 0.25) is 0 Å². The van der Waals surface area contributed by atoms with Crippen molar-refractivity contribution in [3.8, 4) is 0 Å². The summed E-state index contributed by atoms with van der Waals surface area (Å²) in [6.07, 6.45) is 4.60. The van der Waals surface area contributed by atoms with E-state index in [-0.39, 0.29) is 6.10 Å². The molecule has 0 aromatic heterocycles. The third-order valence-electron chi connectivity index (χ3n) is 2.56. The second-order valence-electron chi connectivity index (χ2n) is 4.22. The first-order valence-corrected chi connectivity index (χ1v) is 5.26. The van der Waals surface area contributed by atoms with Gasteiger partial charge < -0.3 is 5.11 Å². The highest BCUT2D eigenvalue weighted by molar-refractivity contribution is 4.64. The van der Waals surface area contributed by atoms with E-state index < -0.39 is 0 Å². The molecule has 12 heavy (non-hydrogen) atoms. The van der Waals surface area contributed by atoms with Crippen molar-refractivity contribution in [3.05, 3.63) is 0 Å². The number of aliphatic hydroxyl groups excluding tert-OH is 1. The predicted molar refractivity (Wildman–Crippen MR) is 54.2 cm³/mol. The second kappa shape index (κ2) is 6.47. The van der Waals surface area contributed by atoms with Crippen molar-refractivity contribution < 1.29 is 5.11 Å². The van der Waals surface area contributed by atoms with Crippen LogP contribution in [0.2, 0.25) is 0 Å². The average molecular weight is 172 g/mol. The first-order valence-electron chi connectivity index (χ1n) is 5.26. The van der Waals surface area contributed by atoms with Crippen LogP contribution in [0.5, 0.6) is 0 Å². The molecule has 0 radical (unpaired) electrons. The number of rotatable bonds is 6. The van der Waals surface area contributed by atoms with Crippen LogP contribution in [0.25, 0.3) is 0 Å². The lowest BCUT2D eigenvalue weighted by molar-refractivity contribution is 0.165. The monoisotopic (exact) mass is 172 g/mol. The van der Waals surface area contributed by atoms with Gasteiger partial charge in [-0.1, -0.05) is 33.6 Å². The van der Waals surface area contributed by atoms with Crippen molar-refractivity contribution in [2.24, 2.45) is 11.8 Å². The van der Waals surface area contributed by atoms with Crippen molar-refractivity contribution in [3.63, 3.8) is 0 Å². The maximum atomic E-state index is 9.15. The van der Waals surface area contributed by atoms with Crippen LogP contribution in [0.3, 0.4) is 0 Å². The Balaban J connectivity index is 3.63. The lowest BCUT2D eigenvalue weighted by Crippen LogP contribution is -2.11. The van der Waals surface area contributed by atoms with Gasteiger partial charge in [-0.05, 0) is 31.6 Å². The molecule has 0 spiro atoms. The Labute approximate surface area is 77.2 Å². The minimum Gasteiger partial charge on any atom is -0.393 e. The van der Waals surface area contributed by atoms with Crippen LogP contribution in [0.1, 0.15) is 53.4 Å². The Hall–Kier alpha value is -0.0400. The maximum Gasteiger partial charge on any atom is 0.0512 e. The lowest BCUT2D eigenvalue weighted by atomic mass is 9.87. The molecule has 0 rings (SSSR count). The van der Waals surface area contributed by atoms with E-state index in [4.69, 9.17) is 5.11 Å². The number of hydrogen-bond donors (Lipinski definition) is 1. The first kappa shape index (κ1) is 12.0. The molecular formula is C11H24O. The van der Waals surface area contributed by atoms with E-state index in [0.717, 1.165) is 18.3 Å². The lowest BCUT2D eigenvalue weighted by Gasteiger charge is -2.20. The van der Waals surface area contributed by atoms with Gasteiger partial charge >= 0.3 is 0 Å². The smallest absolute Gasteiger partial charge is 0.0512 e. The molecule has 0 aromatic rings. The SMILES string of the molecule is CCCC(CCC(C)O)C(C)C. The molecule has 0 saturated heterocycles. The Kier molecular flexibility index (Phi) is 6.45. The molecular weight excluding hydrogens is 148 g/mol. The molecule has 0 saturated carbocycles. The fourth-order valence-corrected chi connectivity index (χ4v) is 1.64. The quantitative estimate of drug-likeness (QED) is 0.652. The molecule has 0 heterocycles. The summed E-state index contributed by atoms with van der Waals surface area (Å²) in [6.45, 7) is 8.67. The standard InChI is InChI=1S/C11H24O/c1-5-6-11(9(2)3)8-7-10(4)12/h9-12H,5-8H2,1-4H3. The van der Waals surface area contributed by atoms with Crippen LogP contribution < -0.4 is 0 Å². The molecule has 74 valence electrons.